The van der Waals surface area contributed by atoms with Gasteiger partial charge in [0.1, 0.15) is 11.6 Å². The smallest absolute Gasteiger partial charge is 0.229 e. The highest BCUT2D eigenvalue weighted by molar-refractivity contribution is 5.59. The Morgan fingerprint density at radius 3 is 2.59 bits per heavy atom. The van der Waals surface area contributed by atoms with Crippen LogP contribution in [0.15, 0.2) is 60.0 Å². The Morgan fingerprint density at radius 2 is 1.93 bits per heavy atom. The third-order valence-corrected chi connectivity index (χ3v) is 4.94. The molecule has 0 aliphatic carbocycles. The summed E-state index contributed by atoms with van der Waals surface area (Å²) >= 11 is 0. The van der Waals surface area contributed by atoms with Crippen LogP contribution in [0.5, 0.6) is 17.4 Å². The molecule has 0 saturated carbocycles. The number of para-hydroxylation sites is 1. The largest absolute Gasteiger partial charge is 0.504 e. The molecule has 0 spiro atoms. The van der Waals surface area contributed by atoms with Crippen molar-refractivity contribution < 1.29 is 14.9 Å². The van der Waals surface area contributed by atoms with Crippen molar-refractivity contribution in [1.29, 1.82) is 5.26 Å². The molecule has 7 nitrogen and oxygen atoms in total. The monoisotopic (exact) mass is 388 g/mol. The van der Waals surface area contributed by atoms with Crippen LogP contribution in [-0.2, 0) is 6.42 Å². The van der Waals surface area contributed by atoms with E-state index in [0.717, 1.165) is 23.4 Å². The van der Waals surface area contributed by atoms with E-state index in [1.165, 1.54) is 12.1 Å². The molecule has 1 aliphatic rings. The highest BCUT2D eigenvalue weighted by Gasteiger charge is 2.37. The third-order valence-electron chi connectivity index (χ3n) is 4.94. The minimum Gasteiger partial charge on any atom is -0.504 e. The number of hydrogen-bond acceptors (Lipinski definition) is 6. The molecule has 4 N–H and O–H groups in total. The molecule has 4 rings (SSSR count). The predicted molar refractivity (Wildman–Crippen MR) is 107 cm³/mol. The van der Waals surface area contributed by atoms with E-state index in [2.05, 4.69) is 13.0 Å². The number of ether oxygens (including phenoxy) is 1. The van der Waals surface area contributed by atoms with Crippen LogP contribution in [0, 0.1) is 11.3 Å². The number of phenolic OH excluding ortho intramolecular Hbond substituents is 2. The first-order chi connectivity index (χ1) is 14.0. The first-order valence-corrected chi connectivity index (χ1v) is 9.31. The molecule has 7 heteroatoms. The molecule has 0 radical (unpaired) electrons. The zero-order valence-corrected chi connectivity index (χ0v) is 15.8. The molecule has 1 unspecified atom stereocenters. The lowest BCUT2D eigenvalue weighted by atomic mass is 9.83. The van der Waals surface area contributed by atoms with Crippen LogP contribution in [-0.4, -0.2) is 20.0 Å². The number of aromatic hydroxyl groups is 2. The number of nitriles is 1. The van der Waals surface area contributed by atoms with Gasteiger partial charge in [-0.1, -0.05) is 37.6 Å². The summed E-state index contributed by atoms with van der Waals surface area (Å²) < 4.78 is 7.57. The number of aryl methyl sites for hydroxylation is 1. The van der Waals surface area contributed by atoms with Crippen molar-refractivity contribution in [3.05, 3.63) is 76.8 Å². The van der Waals surface area contributed by atoms with Crippen LogP contribution in [0.1, 0.15) is 36.1 Å². The van der Waals surface area contributed by atoms with E-state index in [9.17, 15) is 15.5 Å². The van der Waals surface area contributed by atoms with Crippen LogP contribution in [0.3, 0.4) is 0 Å². The number of aromatic nitrogens is 2. The Balaban J connectivity index is 1.99. The van der Waals surface area contributed by atoms with Crippen molar-refractivity contribution in [2.24, 2.45) is 5.73 Å². The molecule has 0 fully saturated rings. The fourth-order valence-electron chi connectivity index (χ4n) is 3.63. The number of phenols is 2. The maximum Gasteiger partial charge on any atom is 0.229 e. The molecule has 29 heavy (non-hydrogen) atoms. The van der Waals surface area contributed by atoms with E-state index >= 15 is 0 Å². The normalized spacial score (nSPS) is 15.5. The molecule has 2 heterocycles. The van der Waals surface area contributed by atoms with Crippen molar-refractivity contribution in [1.82, 2.24) is 9.78 Å². The van der Waals surface area contributed by atoms with Gasteiger partial charge in [0.25, 0.3) is 0 Å². The van der Waals surface area contributed by atoms with Gasteiger partial charge in [0.2, 0.25) is 11.8 Å². The molecule has 0 amide bonds. The Morgan fingerprint density at radius 1 is 1.17 bits per heavy atom. The van der Waals surface area contributed by atoms with Crippen molar-refractivity contribution in [3.8, 4) is 29.1 Å². The zero-order valence-electron chi connectivity index (χ0n) is 15.8. The predicted octanol–water partition coefficient (Wildman–Crippen LogP) is 3.45. The summed E-state index contributed by atoms with van der Waals surface area (Å²) in [6.07, 6.45) is 1.54. The minimum absolute atomic E-state index is 0.00213. The fraction of sp³-hybridized carbons (Fsp3) is 0.182. The average molecular weight is 388 g/mol. The lowest BCUT2D eigenvalue weighted by Crippen LogP contribution is -2.22. The van der Waals surface area contributed by atoms with Gasteiger partial charge in [0.15, 0.2) is 11.5 Å². The Kier molecular flexibility index (Phi) is 4.61. The van der Waals surface area contributed by atoms with Crippen LogP contribution in [0.2, 0.25) is 0 Å². The lowest BCUT2D eigenvalue weighted by molar-refractivity contribution is 0.366. The topological polar surface area (TPSA) is 117 Å². The van der Waals surface area contributed by atoms with E-state index in [1.54, 1.807) is 10.7 Å². The summed E-state index contributed by atoms with van der Waals surface area (Å²) in [5.74, 6) is -0.607. The molecular weight excluding hydrogens is 368 g/mol. The molecule has 3 aromatic rings. The molecular formula is C22H20N4O3. The van der Waals surface area contributed by atoms with Crippen molar-refractivity contribution in [2.45, 2.75) is 25.7 Å². The summed E-state index contributed by atoms with van der Waals surface area (Å²) in [5.41, 5.74) is 9.32. The molecule has 1 aromatic heterocycles. The van der Waals surface area contributed by atoms with Gasteiger partial charge in [-0.2, -0.15) is 10.4 Å². The summed E-state index contributed by atoms with van der Waals surface area (Å²) in [6, 6.07) is 16.2. The molecule has 1 atom stereocenters. The SMILES string of the molecule is CCCc1nn(-c2ccccc2)c2c1C(c1ccc(O)c(O)c1)C(C#N)=C(N)O2. The molecule has 146 valence electrons. The quantitative estimate of drug-likeness (QED) is 0.589. The van der Waals surface area contributed by atoms with E-state index in [4.69, 9.17) is 15.6 Å². The Bertz CT molecular complexity index is 1140. The number of rotatable bonds is 4. The fourth-order valence-corrected chi connectivity index (χ4v) is 3.63. The maximum atomic E-state index is 10.0. The number of hydrogen-bond donors (Lipinski definition) is 3. The zero-order chi connectivity index (χ0) is 20.5. The number of allylic oxidation sites excluding steroid dienone is 1. The first kappa shape index (κ1) is 18.4. The number of benzene rings is 2. The molecule has 0 bridgehead atoms. The summed E-state index contributed by atoms with van der Waals surface area (Å²) in [7, 11) is 0. The second kappa shape index (κ2) is 7.24. The maximum absolute atomic E-state index is 10.0. The van der Waals surface area contributed by atoms with Gasteiger partial charge in [-0.25, -0.2) is 4.68 Å². The van der Waals surface area contributed by atoms with Crippen molar-refractivity contribution >= 4 is 0 Å². The van der Waals surface area contributed by atoms with Gasteiger partial charge in [-0.15, -0.1) is 0 Å². The molecule has 0 saturated heterocycles. The summed E-state index contributed by atoms with van der Waals surface area (Å²) in [4.78, 5) is 0. The van der Waals surface area contributed by atoms with Crippen molar-refractivity contribution in [3.63, 3.8) is 0 Å². The van der Waals surface area contributed by atoms with Gasteiger partial charge < -0.3 is 20.7 Å². The minimum atomic E-state index is -0.561. The van der Waals surface area contributed by atoms with E-state index in [-0.39, 0.29) is 23.0 Å². The van der Waals surface area contributed by atoms with E-state index in [0.29, 0.717) is 17.9 Å². The van der Waals surface area contributed by atoms with Gasteiger partial charge in [-0.3, -0.25) is 0 Å². The lowest BCUT2D eigenvalue weighted by Gasteiger charge is -2.25. The molecule has 1 aliphatic heterocycles. The van der Waals surface area contributed by atoms with Crippen LogP contribution < -0.4 is 10.5 Å². The summed E-state index contributed by atoms with van der Waals surface area (Å²) in [6.45, 7) is 2.05. The second-order valence-electron chi connectivity index (χ2n) is 6.84. The highest BCUT2D eigenvalue weighted by atomic mass is 16.5. The van der Waals surface area contributed by atoms with Crippen LogP contribution in [0.25, 0.3) is 5.69 Å². The highest BCUT2D eigenvalue weighted by Crippen LogP contribution is 2.46. The van der Waals surface area contributed by atoms with Gasteiger partial charge in [0.05, 0.1) is 22.9 Å². The van der Waals surface area contributed by atoms with Gasteiger partial charge in [0, 0.05) is 0 Å². The summed E-state index contributed by atoms with van der Waals surface area (Å²) in [5, 5.41) is 34.3. The standard InChI is InChI=1S/C22H20N4O3/c1-2-6-16-20-19(13-9-10-17(27)18(28)11-13)15(12-23)21(24)29-22(20)26(25-16)14-7-4-3-5-8-14/h3-5,7-11,19,27-28H,2,6,24H2,1H3. The Hall–Kier alpha value is -3.92. The number of nitrogens with zero attached hydrogens (tertiary/aromatic N) is 3. The van der Waals surface area contributed by atoms with Crippen LogP contribution in [0.4, 0.5) is 0 Å². The number of fused-ring (bicyclic) bond motifs is 1. The first-order valence-electron chi connectivity index (χ1n) is 9.31. The Labute approximate surface area is 167 Å². The molecule has 2 aromatic carbocycles. The van der Waals surface area contributed by atoms with Gasteiger partial charge >= 0.3 is 0 Å². The number of nitrogens with two attached hydrogens (primary N) is 1. The third kappa shape index (κ3) is 3.05. The average Bonchev–Trinajstić information content (AvgIpc) is 3.08. The van der Waals surface area contributed by atoms with E-state index < -0.39 is 5.92 Å². The van der Waals surface area contributed by atoms with E-state index in [1.807, 2.05) is 30.3 Å². The second-order valence-corrected chi connectivity index (χ2v) is 6.84. The van der Waals surface area contributed by atoms with Gasteiger partial charge in [-0.05, 0) is 36.2 Å². The van der Waals surface area contributed by atoms with Crippen LogP contribution >= 0.6 is 0 Å². The van der Waals surface area contributed by atoms with Crippen molar-refractivity contribution in [2.75, 3.05) is 0 Å².